The summed E-state index contributed by atoms with van der Waals surface area (Å²) in [6.45, 7) is 9.68. The van der Waals surface area contributed by atoms with Crippen LogP contribution < -0.4 is 16.0 Å². The van der Waals surface area contributed by atoms with Crippen LogP contribution in [0, 0.1) is 11.8 Å². The molecular weight excluding hydrogens is 558 g/mol. The third-order valence-corrected chi connectivity index (χ3v) is 7.43. The zero-order valence-electron chi connectivity index (χ0n) is 25.0. The van der Waals surface area contributed by atoms with Crippen molar-refractivity contribution in [1.82, 2.24) is 16.0 Å². The molecule has 1 atom stereocenters. The van der Waals surface area contributed by atoms with Gasteiger partial charge in [-0.15, -0.1) is 0 Å². The first kappa shape index (κ1) is 32.9. The van der Waals surface area contributed by atoms with E-state index in [1.54, 1.807) is 18.2 Å². The lowest BCUT2D eigenvalue weighted by Gasteiger charge is -2.29. The number of ether oxygens (including phenoxy) is 1. The van der Waals surface area contributed by atoms with E-state index >= 15 is 0 Å². The van der Waals surface area contributed by atoms with Crippen molar-refractivity contribution in [1.29, 1.82) is 0 Å². The molecule has 1 fully saturated rings. The van der Waals surface area contributed by atoms with E-state index in [2.05, 4.69) is 16.0 Å². The smallest absolute Gasteiger partial charge is 0.407 e. The lowest BCUT2D eigenvalue weighted by molar-refractivity contribution is -0.142. The number of carboxylic acid groups (broad SMARTS) is 1. The van der Waals surface area contributed by atoms with Crippen LogP contribution in [0.3, 0.4) is 0 Å². The summed E-state index contributed by atoms with van der Waals surface area (Å²) in [7, 11) is 0. The topological polar surface area (TPSA) is 134 Å². The summed E-state index contributed by atoms with van der Waals surface area (Å²) in [4.78, 5) is 49.1. The Balaban J connectivity index is 1.53. The Labute approximate surface area is 252 Å². The molecule has 0 aromatic heterocycles. The molecule has 2 aromatic carbocycles. The van der Waals surface area contributed by atoms with E-state index in [-0.39, 0.29) is 36.1 Å². The van der Waals surface area contributed by atoms with Crippen LogP contribution in [0.2, 0.25) is 5.02 Å². The van der Waals surface area contributed by atoms with Crippen LogP contribution in [-0.4, -0.2) is 53.2 Å². The van der Waals surface area contributed by atoms with Gasteiger partial charge in [0.25, 0.3) is 5.91 Å². The number of carboxylic acids is 1. The average molecular weight is 600 g/mol. The number of benzene rings is 2. The SMILES string of the molecule is CC(C)NC(=O)c1ccc(-c2ccc(CC(NC(=O)[C@H]3CC[C@H](CNC(=O)OC(C)(C)C)CC3)C(=O)O)cc2)c(Cl)c1. The van der Waals surface area contributed by atoms with Gasteiger partial charge >= 0.3 is 12.1 Å². The van der Waals surface area contributed by atoms with Crippen LogP contribution in [-0.2, 0) is 20.7 Å². The van der Waals surface area contributed by atoms with Gasteiger partial charge in [-0.3, -0.25) is 9.59 Å². The van der Waals surface area contributed by atoms with E-state index in [1.807, 2.05) is 58.9 Å². The molecule has 228 valence electrons. The minimum Gasteiger partial charge on any atom is -0.480 e. The molecule has 0 radical (unpaired) electrons. The van der Waals surface area contributed by atoms with Crippen molar-refractivity contribution in [3.8, 4) is 11.1 Å². The summed E-state index contributed by atoms with van der Waals surface area (Å²) in [6, 6.07) is 11.4. The van der Waals surface area contributed by atoms with Crippen molar-refractivity contribution >= 4 is 35.5 Å². The second kappa shape index (κ2) is 14.5. The minimum atomic E-state index is -1.10. The quantitative estimate of drug-likeness (QED) is 0.281. The number of amides is 3. The van der Waals surface area contributed by atoms with E-state index in [0.717, 1.165) is 29.5 Å². The fraction of sp³-hybridized carbons (Fsp3) is 0.500. The summed E-state index contributed by atoms with van der Waals surface area (Å²) in [6.07, 6.45) is 2.47. The average Bonchev–Trinajstić information content (AvgIpc) is 2.91. The lowest BCUT2D eigenvalue weighted by Crippen LogP contribution is -2.46. The van der Waals surface area contributed by atoms with E-state index in [1.165, 1.54) is 0 Å². The molecule has 0 aliphatic heterocycles. The van der Waals surface area contributed by atoms with Crippen molar-refractivity contribution in [2.45, 2.75) is 84.4 Å². The fourth-order valence-corrected chi connectivity index (χ4v) is 5.24. The molecule has 10 heteroatoms. The third-order valence-electron chi connectivity index (χ3n) is 7.12. The van der Waals surface area contributed by atoms with E-state index in [4.69, 9.17) is 16.3 Å². The van der Waals surface area contributed by atoms with Crippen molar-refractivity contribution in [3.05, 3.63) is 58.6 Å². The summed E-state index contributed by atoms with van der Waals surface area (Å²) in [5.74, 6) is -1.57. The highest BCUT2D eigenvalue weighted by Gasteiger charge is 2.30. The lowest BCUT2D eigenvalue weighted by atomic mass is 9.81. The van der Waals surface area contributed by atoms with Crippen molar-refractivity contribution in [2.24, 2.45) is 11.8 Å². The number of aliphatic carboxylic acids is 1. The van der Waals surface area contributed by atoms with Gasteiger partial charge in [-0.1, -0.05) is 41.9 Å². The Kier molecular flexibility index (Phi) is 11.4. The van der Waals surface area contributed by atoms with Gasteiger partial charge in [-0.05, 0) is 89.5 Å². The zero-order chi connectivity index (χ0) is 31.0. The fourth-order valence-electron chi connectivity index (χ4n) is 4.95. The molecule has 1 unspecified atom stereocenters. The molecule has 0 spiro atoms. The van der Waals surface area contributed by atoms with Crippen LogP contribution >= 0.6 is 11.6 Å². The molecule has 1 saturated carbocycles. The number of hydrogen-bond donors (Lipinski definition) is 4. The van der Waals surface area contributed by atoms with Crippen LogP contribution in [0.5, 0.6) is 0 Å². The normalized spacial score (nSPS) is 17.7. The number of nitrogens with one attached hydrogen (secondary N) is 3. The molecule has 9 nitrogen and oxygen atoms in total. The van der Waals surface area contributed by atoms with Gasteiger partial charge in [-0.25, -0.2) is 9.59 Å². The highest BCUT2D eigenvalue weighted by molar-refractivity contribution is 6.33. The number of carbonyl (C=O) groups is 4. The molecule has 3 amide bonds. The Morgan fingerprint density at radius 3 is 2.17 bits per heavy atom. The van der Waals surface area contributed by atoms with Gasteiger partial charge < -0.3 is 25.8 Å². The molecular formula is C32H42ClN3O6. The molecule has 4 N–H and O–H groups in total. The first-order chi connectivity index (χ1) is 19.7. The maximum atomic E-state index is 12.9. The Morgan fingerprint density at radius 2 is 1.62 bits per heavy atom. The molecule has 42 heavy (non-hydrogen) atoms. The maximum Gasteiger partial charge on any atom is 0.407 e. The predicted molar refractivity (Wildman–Crippen MR) is 162 cm³/mol. The summed E-state index contributed by atoms with van der Waals surface area (Å²) >= 11 is 6.48. The van der Waals surface area contributed by atoms with Crippen LogP contribution in [0.4, 0.5) is 4.79 Å². The predicted octanol–water partition coefficient (Wildman–Crippen LogP) is 5.59. The third kappa shape index (κ3) is 10.0. The van der Waals surface area contributed by atoms with Gasteiger partial charge in [0.1, 0.15) is 11.6 Å². The number of carbonyl (C=O) groups excluding carboxylic acids is 3. The largest absolute Gasteiger partial charge is 0.480 e. The summed E-state index contributed by atoms with van der Waals surface area (Å²) in [5, 5.41) is 18.6. The standard InChI is InChI=1S/C32H42ClN3O6/c1-19(2)35-29(38)24-14-15-25(26(33)17-24)22-10-6-20(7-11-22)16-27(30(39)40)36-28(37)23-12-8-21(9-13-23)18-34-31(41)42-32(3,4)5/h6-7,10-11,14-15,17,19,21,23,27H,8-9,12-13,16,18H2,1-5H3,(H,34,41)(H,35,38)(H,36,37)(H,39,40)/t21-,23-,27?. The van der Waals surface area contributed by atoms with E-state index < -0.39 is 23.7 Å². The molecule has 0 saturated heterocycles. The van der Waals surface area contributed by atoms with E-state index in [9.17, 15) is 24.3 Å². The minimum absolute atomic E-state index is 0.0118. The molecule has 3 rings (SSSR count). The van der Waals surface area contributed by atoms with Gasteiger partial charge in [0.15, 0.2) is 0 Å². The van der Waals surface area contributed by atoms with Gasteiger partial charge in [0, 0.05) is 41.1 Å². The van der Waals surface area contributed by atoms with Crippen LogP contribution in [0.15, 0.2) is 42.5 Å². The zero-order valence-corrected chi connectivity index (χ0v) is 25.7. The first-order valence-electron chi connectivity index (χ1n) is 14.4. The number of rotatable bonds is 10. The number of alkyl carbamates (subject to hydrolysis) is 1. The van der Waals surface area contributed by atoms with Crippen molar-refractivity contribution in [3.63, 3.8) is 0 Å². The Morgan fingerprint density at radius 1 is 0.976 bits per heavy atom. The van der Waals surface area contributed by atoms with Crippen molar-refractivity contribution < 1.29 is 29.0 Å². The van der Waals surface area contributed by atoms with Crippen molar-refractivity contribution in [2.75, 3.05) is 6.54 Å². The summed E-state index contributed by atoms with van der Waals surface area (Å²) in [5.41, 5.74) is 2.25. The number of hydrogen-bond acceptors (Lipinski definition) is 5. The second-order valence-electron chi connectivity index (χ2n) is 12.2. The first-order valence-corrected chi connectivity index (χ1v) is 14.8. The van der Waals surface area contributed by atoms with E-state index in [0.29, 0.717) is 30.0 Å². The second-order valence-corrected chi connectivity index (χ2v) is 12.6. The molecule has 0 bridgehead atoms. The van der Waals surface area contributed by atoms with Gasteiger partial charge in [0.05, 0.1) is 0 Å². The summed E-state index contributed by atoms with van der Waals surface area (Å²) < 4.78 is 5.27. The maximum absolute atomic E-state index is 12.9. The van der Waals surface area contributed by atoms with Crippen LogP contribution in [0.25, 0.3) is 11.1 Å². The van der Waals surface area contributed by atoms with Crippen LogP contribution in [0.1, 0.15) is 76.2 Å². The molecule has 1 aliphatic carbocycles. The van der Waals surface area contributed by atoms with Gasteiger partial charge in [-0.2, -0.15) is 0 Å². The molecule has 1 aliphatic rings. The monoisotopic (exact) mass is 599 g/mol. The number of halogens is 1. The molecule has 0 heterocycles. The Hall–Kier alpha value is -3.59. The highest BCUT2D eigenvalue weighted by atomic mass is 35.5. The Bertz CT molecular complexity index is 1260. The van der Waals surface area contributed by atoms with Gasteiger partial charge in [0.2, 0.25) is 5.91 Å². The highest BCUT2D eigenvalue weighted by Crippen LogP contribution is 2.30. The molecule has 2 aromatic rings.